The lowest BCUT2D eigenvalue weighted by Gasteiger charge is -2.31. The standard InChI is InChI=1S/C15H18ClNO2/c1-15(4-2-3-5-15)14(19)10-6-9-7-13(18)17-12(9)8-11(10)16/h6,8,14,19H,2-5,7H2,1H3,(H,17,18). The summed E-state index contributed by atoms with van der Waals surface area (Å²) in [6.45, 7) is 2.12. The van der Waals surface area contributed by atoms with E-state index in [0.717, 1.165) is 42.5 Å². The van der Waals surface area contributed by atoms with Gasteiger partial charge in [0.2, 0.25) is 5.91 Å². The van der Waals surface area contributed by atoms with Gasteiger partial charge in [-0.2, -0.15) is 0 Å². The summed E-state index contributed by atoms with van der Waals surface area (Å²) in [7, 11) is 0. The van der Waals surface area contributed by atoms with E-state index in [1.807, 2.05) is 6.07 Å². The highest BCUT2D eigenvalue weighted by Gasteiger charge is 2.38. The fourth-order valence-electron chi connectivity index (χ4n) is 3.31. The van der Waals surface area contributed by atoms with Crippen molar-refractivity contribution in [1.82, 2.24) is 0 Å². The highest BCUT2D eigenvalue weighted by Crippen LogP contribution is 2.49. The van der Waals surface area contributed by atoms with Crippen LogP contribution in [0.2, 0.25) is 5.02 Å². The van der Waals surface area contributed by atoms with Crippen molar-refractivity contribution in [3.05, 3.63) is 28.3 Å². The molecule has 1 aliphatic carbocycles. The van der Waals surface area contributed by atoms with Gasteiger partial charge >= 0.3 is 0 Å². The van der Waals surface area contributed by atoms with E-state index in [1.54, 1.807) is 6.07 Å². The second-order valence-corrected chi connectivity index (χ2v) is 6.43. The van der Waals surface area contributed by atoms with E-state index in [4.69, 9.17) is 11.6 Å². The third kappa shape index (κ3) is 2.15. The number of aliphatic hydroxyl groups is 1. The van der Waals surface area contributed by atoms with E-state index in [0.29, 0.717) is 11.4 Å². The first kappa shape index (κ1) is 12.9. The highest BCUT2D eigenvalue weighted by atomic mass is 35.5. The van der Waals surface area contributed by atoms with Gasteiger partial charge in [-0.05, 0) is 36.0 Å². The quantitative estimate of drug-likeness (QED) is 0.871. The highest BCUT2D eigenvalue weighted by molar-refractivity contribution is 6.32. The van der Waals surface area contributed by atoms with Crippen molar-refractivity contribution in [2.24, 2.45) is 5.41 Å². The lowest BCUT2D eigenvalue weighted by atomic mass is 9.79. The summed E-state index contributed by atoms with van der Waals surface area (Å²) in [5.74, 6) is -0.00946. The summed E-state index contributed by atoms with van der Waals surface area (Å²) in [6, 6.07) is 3.66. The summed E-state index contributed by atoms with van der Waals surface area (Å²) in [5.41, 5.74) is 2.39. The van der Waals surface area contributed by atoms with Gasteiger partial charge in [0.1, 0.15) is 0 Å². The summed E-state index contributed by atoms with van der Waals surface area (Å²) in [6.07, 6.45) is 4.20. The maximum Gasteiger partial charge on any atom is 0.228 e. The largest absolute Gasteiger partial charge is 0.388 e. The van der Waals surface area contributed by atoms with Crippen LogP contribution in [-0.4, -0.2) is 11.0 Å². The maximum atomic E-state index is 11.4. The molecule has 2 N–H and O–H groups in total. The van der Waals surface area contributed by atoms with Gasteiger partial charge in [-0.1, -0.05) is 31.4 Å². The fourth-order valence-corrected chi connectivity index (χ4v) is 3.58. The van der Waals surface area contributed by atoms with Gasteiger partial charge in [-0.15, -0.1) is 0 Å². The Morgan fingerprint density at radius 2 is 2.05 bits per heavy atom. The van der Waals surface area contributed by atoms with Gasteiger partial charge in [-0.3, -0.25) is 4.79 Å². The van der Waals surface area contributed by atoms with E-state index in [-0.39, 0.29) is 11.3 Å². The zero-order valence-corrected chi connectivity index (χ0v) is 11.8. The van der Waals surface area contributed by atoms with Crippen molar-refractivity contribution in [2.75, 3.05) is 5.32 Å². The van der Waals surface area contributed by atoms with E-state index >= 15 is 0 Å². The number of fused-ring (bicyclic) bond motifs is 1. The Hall–Kier alpha value is -1.06. The van der Waals surface area contributed by atoms with Crippen LogP contribution in [0.4, 0.5) is 5.69 Å². The predicted molar refractivity (Wildman–Crippen MR) is 75.3 cm³/mol. The van der Waals surface area contributed by atoms with Crippen molar-refractivity contribution >= 4 is 23.2 Å². The second-order valence-electron chi connectivity index (χ2n) is 6.02. The maximum absolute atomic E-state index is 11.4. The number of halogens is 1. The van der Waals surface area contributed by atoms with Crippen LogP contribution in [0.25, 0.3) is 0 Å². The Labute approximate surface area is 118 Å². The van der Waals surface area contributed by atoms with E-state index in [9.17, 15) is 9.90 Å². The average molecular weight is 280 g/mol. The molecule has 0 aromatic heterocycles. The Morgan fingerprint density at radius 1 is 1.37 bits per heavy atom. The summed E-state index contributed by atoms with van der Waals surface area (Å²) >= 11 is 6.28. The third-order valence-corrected chi connectivity index (χ3v) is 4.88. The van der Waals surface area contributed by atoms with E-state index in [2.05, 4.69) is 12.2 Å². The lowest BCUT2D eigenvalue weighted by molar-refractivity contribution is -0.115. The fraction of sp³-hybridized carbons (Fsp3) is 0.533. The molecule has 3 nitrogen and oxygen atoms in total. The Bertz CT molecular complexity index is 535. The first-order valence-corrected chi connectivity index (χ1v) is 7.18. The van der Waals surface area contributed by atoms with Crippen molar-refractivity contribution in [1.29, 1.82) is 0 Å². The minimum atomic E-state index is -0.552. The predicted octanol–water partition coefficient (Wildman–Crippen LogP) is 3.45. The molecule has 0 bridgehead atoms. The number of hydrogen-bond acceptors (Lipinski definition) is 2. The molecule has 1 unspecified atom stereocenters. The first-order valence-electron chi connectivity index (χ1n) is 6.80. The zero-order valence-electron chi connectivity index (χ0n) is 11.0. The summed E-state index contributed by atoms with van der Waals surface area (Å²) in [4.78, 5) is 11.4. The number of benzene rings is 1. The molecule has 1 amide bonds. The molecular weight excluding hydrogens is 262 g/mol. The molecule has 0 radical (unpaired) electrons. The summed E-state index contributed by atoms with van der Waals surface area (Å²) in [5, 5.41) is 14.0. The molecule has 1 heterocycles. The van der Waals surface area contributed by atoms with Crippen molar-refractivity contribution < 1.29 is 9.90 Å². The average Bonchev–Trinajstić information content (AvgIpc) is 2.93. The summed E-state index contributed by atoms with van der Waals surface area (Å²) < 4.78 is 0. The number of nitrogens with one attached hydrogen (secondary N) is 1. The molecule has 1 saturated carbocycles. The van der Waals surface area contributed by atoms with Crippen LogP contribution >= 0.6 is 11.6 Å². The van der Waals surface area contributed by atoms with E-state index in [1.165, 1.54) is 0 Å². The lowest BCUT2D eigenvalue weighted by Crippen LogP contribution is -2.22. The number of aliphatic hydroxyl groups excluding tert-OH is 1. The molecule has 2 aliphatic rings. The number of anilines is 1. The molecule has 1 aromatic rings. The van der Waals surface area contributed by atoms with Crippen LogP contribution in [0.5, 0.6) is 0 Å². The number of carbonyl (C=O) groups is 1. The number of amides is 1. The molecule has 4 heteroatoms. The van der Waals surface area contributed by atoms with Gasteiger partial charge in [0.15, 0.2) is 0 Å². The molecule has 3 rings (SSSR count). The monoisotopic (exact) mass is 279 g/mol. The van der Waals surface area contributed by atoms with Gasteiger partial charge in [0.05, 0.1) is 12.5 Å². The van der Waals surface area contributed by atoms with Crippen LogP contribution in [0.15, 0.2) is 12.1 Å². The van der Waals surface area contributed by atoms with Crippen molar-refractivity contribution in [3.8, 4) is 0 Å². The molecular formula is C15H18ClNO2. The van der Waals surface area contributed by atoms with Crippen LogP contribution in [0, 0.1) is 5.41 Å². The molecule has 1 fully saturated rings. The SMILES string of the molecule is CC1(C(O)c2cc3c(cc2Cl)NC(=O)C3)CCCC1. The number of carbonyl (C=O) groups excluding carboxylic acids is 1. The van der Waals surface area contributed by atoms with Gasteiger partial charge in [-0.25, -0.2) is 0 Å². The van der Waals surface area contributed by atoms with Gasteiger partial charge in [0.25, 0.3) is 0 Å². The zero-order chi connectivity index (χ0) is 13.6. The van der Waals surface area contributed by atoms with Crippen molar-refractivity contribution in [2.45, 2.75) is 45.1 Å². The van der Waals surface area contributed by atoms with Crippen LogP contribution in [-0.2, 0) is 11.2 Å². The van der Waals surface area contributed by atoms with Gasteiger partial charge < -0.3 is 10.4 Å². The van der Waals surface area contributed by atoms with Crippen LogP contribution in [0.3, 0.4) is 0 Å². The molecule has 102 valence electrons. The minimum Gasteiger partial charge on any atom is -0.388 e. The number of hydrogen-bond donors (Lipinski definition) is 2. The van der Waals surface area contributed by atoms with Crippen LogP contribution in [0.1, 0.15) is 49.8 Å². The number of rotatable bonds is 2. The van der Waals surface area contributed by atoms with Gasteiger partial charge in [0, 0.05) is 16.3 Å². The molecule has 1 atom stereocenters. The first-order chi connectivity index (χ1) is 8.99. The molecule has 19 heavy (non-hydrogen) atoms. The molecule has 0 spiro atoms. The van der Waals surface area contributed by atoms with Crippen LogP contribution < -0.4 is 5.32 Å². The molecule has 1 aromatic carbocycles. The Balaban J connectivity index is 1.97. The second kappa shape index (κ2) is 4.50. The molecule has 0 saturated heterocycles. The normalized spacial score (nSPS) is 22.2. The topological polar surface area (TPSA) is 49.3 Å². The smallest absolute Gasteiger partial charge is 0.228 e. The molecule has 1 aliphatic heterocycles. The Kier molecular flexibility index (Phi) is 3.06. The third-order valence-electron chi connectivity index (χ3n) is 4.55. The minimum absolute atomic E-state index is 0.00946. The Morgan fingerprint density at radius 3 is 2.74 bits per heavy atom. The van der Waals surface area contributed by atoms with Crippen molar-refractivity contribution in [3.63, 3.8) is 0 Å². The van der Waals surface area contributed by atoms with E-state index < -0.39 is 6.10 Å².